The molecular formula is C15H18INO2. The zero-order chi connectivity index (χ0) is 13.4. The van der Waals surface area contributed by atoms with Crippen LogP contribution in [0.15, 0.2) is 12.1 Å². The van der Waals surface area contributed by atoms with Crippen molar-refractivity contribution in [1.82, 2.24) is 5.32 Å². The Kier molecular flexibility index (Phi) is 3.69. The Hall–Kier alpha value is -0.780. The van der Waals surface area contributed by atoms with E-state index in [4.69, 9.17) is 4.74 Å². The number of benzene rings is 1. The molecule has 3 rings (SSSR count). The van der Waals surface area contributed by atoms with Crippen molar-refractivity contribution in [3.05, 3.63) is 26.8 Å². The monoisotopic (exact) mass is 371 g/mol. The summed E-state index contributed by atoms with van der Waals surface area (Å²) < 4.78 is 6.99. The van der Waals surface area contributed by atoms with Crippen molar-refractivity contribution in [3.8, 4) is 5.75 Å². The Labute approximate surface area is 127 Å². The molecular weight excluding hydrogens is 353 g/mol. The van der Waals surface area contributed by atoms with E-state index in [1.807, 2.05) is 6.92 Å². The molecule has 19 heavy (non-hydrogen) atoms. The first-order chi connectivity index (χ1) is 9.20. The lowest BCUT2D eigenvalue weighted by Crippen LogP contribution is -2.24. The maximum Gasteiger partial charge on any atom is 0.219 e. The molecule has 2 aliphatic rings. The minimum atomic E-state index is 0.155. The Morgan fingerprint density at radius 1 is 1.53 bits per heavy atom. The lowest BCUT2D eigenvalue weighted by molar-refractivity contribution is -0.120. The van der Waals surface area contributed by atoms with E-state index in [0.717, 1.165) is 25.3 Å². The van der Waals surface area contributed by atoms with Gasteiger partial charge in [-0.1, -0.05) is 6.92 Å². The van der Waals surface area contributed by atoms with E-state index in [1.54, 1.807) is 0 Å². The van der Waals surface area contributed by atoms with E-state index >= 15 is 0 Å². The van der Waals surface area contributed by atoms with Gasteiger partial charge in [-0.3, -0.25) is 4.79 Å². The van der Waals surface area contributed by atoms with E-state index in [1.165, 1.54) is 21.1 Å². The molecule has 1 heterocycles. The molecule has 1 aliphatic carbocycles. The lowest BCUT2D eigenvalue weighted by atomic mass is 10.00. The number of nitrogens with one attached hydrogen (secondary N) is 1. The van der Waals surface area contributed by atoms with E-state index in [9.17, 15) is 4.79 Å². The maximum atomic E-state index is 11.3. The van der Waals surface area contributed by atoms with Crippen molar-refractivity contribution in [2.75, 3.05) is 13.2 Å². The summed E-state index contributed by atoms with van der Waals surface area (Å²) in [6.07, 6.45) is 2.80. The number of carbonyl (C=O) groups is 1. The van der Waals surface area contributed by atoms with Gasteiger partial charge < -0.3 is 10.1 Å². The smallest absolute Gasteiger partial charge is 0.219 e. The molecule has 0 spiro atoms. The van der Waals surface area contributed by atoms with E-state index < -0.39 is 0 Å². The van der Waals surface area contributed by atoms with Crippen molar-refractivity contribution in [3.63, 3.8) is 0 Å². The number of rotatable bonds is 4. The van der Waals surface area contributed by atoms with Crippen LogP contribution in [0.2, 0.25) is 0 Å². The molecule has 4 heteroatoms. The SMILES string of the molecule is CCC(=O)NCC1CC1c1c(I)ccc2c1CCO2. The molecule has 0 radical (unpaired) electrons. The molecule has 2 atom stereocenters. The summed E-state index contributed by atoms with van der Waals surface area (Å²) in [5, 5.41) is 3.01. The topological polar surface area (TPSA) is 38.3 Å². The fourth-order valence-corrected chi connectivity index (χ4v) is 3.78. The molecule has 1 N–H and O–H groups in total. The molecule has 3 nitrogen and oxygen atoms in total. The van der Waals surface area contributed by atoms with Gasteiger partial charge in [-0.25, -0.2) is 0 Å². The Balaban J connectivity index is 1.72. The minimum absolute atomic E-state index is 0.155. The standard InChI is InChI=1S/C15H18INO2/c1-2-14(18)17-8-9-7-11(9)15-10-5-6-19-13(10)4-3-12(15)16/h3-4,9,11H,2,5-8H2,1H3,(H,17,18). The first-order valence-corrected chi connectivity index (χ1v) is 7.99. The fraction of sp³-hybridized carbons (Fsp3) is 0.533. The highest BCUT2D eigenvalue weighted by Gasteiger charge is 2.41. The number of amides is 1. The molecule has 0 aromatic heterocycles. The van der Waals surface area contributed by atoms with Crippen LogP contribution in [-0.2, 0) is 11.2 Å². The van der Waals surface area contributed by atoms with Crippen LogP contribution in [0.25, 0.3) is 0 Å². The molecule has 102 valence electrons. The molecule has 1 amide bonds. The predicted molar refractivity (Wildman–Crippen MR) is 82.5 cm³/mol. The highest BCUT2D eigenvalue weighted by Crippen LogP contribution is 2.51. The summed E-state index contributed by atoms with van der Waals surface area (Å²) in [7, 11) is 0. The predicted octanol–water partition coefficient (Wildman–Crippen LogP) is 2.86. The highest BCUT2D eigenvalue weighted by atomic mass is 127. The molecule has 1 aromatic rings. The molecule has 1 saturated carbocycles. The summed E-state index contributed by atoms with van der Waals surface area (Å²) in [6, 6.07) is 4.24. The quantitative estimate of drug-likeness (QED) is 0.827. The van der Waals surface area contributed by atoms with Crippen LogP contribution in [0.5, 0.6) is 5.75 Å². The summed E-state index contributed by atoms with van der Waals surface area (Å²) >= 11 is 2.43. The third-order valence-electron chi connectivity index (χ3n) is 4.05. The zero-order valence-electron chi connectivity index (χ0n) is 11.0. The largest absolute Gasteiger partial charge is 0.493 e. The van der Waals surface area contributed by atoms with Gasteiger partial charge in [0.1, 0.15) is 5.75 Å². The van der Waals surface area contributed by atoms with E-state index in [-0.39, 0.29) is 5.91 Å². The van der Waals surface area contributed by atoms with Crippen LogP contribution in [0.4, 0.5) is 0 Å². The van der Waals surface area contributed by atoms with Gasteiger partial charge in [0.25, 0.3) is 0 Å². The van der Waals surface area contributed by atoms with Crippen LogP contribution >= 0.6 is 22.6 Å². The number of hydrogen-bond donors (Lipinski definition) is 1. The summed E-state index contributed by atoms with van der Waals surface area (Å²) in [5.74, 6) is 2.44. The van der Waals surface area contributed by atoms with Gasteiger partial charge in [0.15, 0.2) is 0 Å². The van der Waals surface area contributed by atoms with Crippen molar-refractivity contribution >= 4 is 28.5 Å². The summed E-state index contributed by atoms with van der Waals surface area (Å²) in [6.45, 7) is 3.52. The van der Waals surface area contributed by atoms with Gasteiger partial charge >= 0.3 is 0 Å². The summed E-state index contributed by atoms with van der Waals surface area (Å²) in [4.78, 5) is 11.3. The molecule has 0 bridgehead atoms. The Bertz CT molecular complexity index is 515. The van der Waals surface area contributed by atoms with Gasteiger partial charge in [0.05, 0.1) is 6.61 Å². The molecule has 0 saturated heterocycles. The Morgan fingerprint density at radius 2 is 2.37 bits per heavy atom. The maximum absolute atomic E-state index is 11.3. The number of ether oxygens (including phenoxy) is 1. The second kappa shape index (κ2) is 5.31. The molecule has 2 unspecified atom stereocenters. The van der Waals surface area contributed by atoms with Crippen LogP contribution < -0.4 is 10.1 Å². The first kappa shape index (κ1) is 13.2. The van der Waals surface area contributed by atoms with E-state index in [0.29, 0.717) is 18.3 Å². The average Bonchev–Trinajstić information content (AvgIpc) is 3.01. The lowest BCUT2D eigenvalue weighted by Gasteiger charge is -2.10. The molecule has 1 aromatic carbocycles. The number of carbonyl (C=O) groups excluding carboxylic acids is 1. The van der Waals surface area contributed by atoms with Crippen LogP contribution in [0.3, 0.4) is 0 Å². The van der Waals surface area contributed by atoms with Crippen LogP contribution in [0, 0.1) is 9.49 Å². The van der Waals surface area contributed by atoms with E-state index in [2.05, 4.69) is 40.0 Å². The summed E-state index contributed by atoms with van der Waals surface area (Å²) in [5.41, 5.74) is 2.88. The third kappa shape index (κ3) is 2.59. The van der Waals surface area contributed by atoms with Crippen molar-refractivity contribution < 1.29 is 9.53 Å². The van der Waals surface area contributed by atoms with Crippen molar-refractivity contribution in [2.24, 2.45) is 5.92 Å². The van der Waals surface area contributed by atoms with Crippen molar-refractivity contribution in [1.29, 1.82) is 0 Å². The molecule has 1 aliphatic heterocycles. The highest BCUT2D eigenvalue weighted by molar-refractivity contribution is 14.1. The van der Waals surface area contributed by atoms with Crippen molar-refractivity contribution in [2.45, 2.75) is 32.1 Å². The minimum Gasteiger partial charge on any atom is -0.493 e. The van der Waals surface area contributed by atoms with Gasteiger partial charge in [-0.05, 0) is 58.5 Å². The third-order valence-corrected chi connectivity index (χ3v) is 4.99. The number of hydrogen-bond acceptors (Lipinski definition) is 2. The molecule has 1 fully saturated rings. The second-order valence-corrected chi connectivity index (χ2v) is 6.46. The normalized spacial score (nSPS) is 23.7. The fourth-order valence-electron chi connectivity index (χ4n) is 2.87. The number of fused-ring (bicyclic) bond motifs is 1. The second-order valence-electron chi connectivity index (χ2n) is 5.30. The zero-order valence-corrected chi connectivity index (χ0v) is 13.2. The van der Waals surface area contributed by atoms with Gasteiger partial charge in [0.2, 0.25) is 5.91 Å². The van der Waals surface area contributed by atoms with Crippen LogP contribution in [0.1, 0.15) is 36.8 Å². The average molecular weight is 371 g/mol. The number of halogens is 1. The first-order valence-electron chi connectivity index (χ1n) is 6.91. The van der Waals surface area contributed by atoms with Gasteiger partial charge in [-0.2, -0.15) is 0 Å². The van der Waals surface area contributed by atoms with Gasteiger partial charge in [0, 0.05) is 28.5 Å². The van der Waals surface area contributed by atoms with Crippen LogP contribution in [-0.4, -0.2) is 19.1 Å². The Morgan fingerprint density at radius 3 is 3.16 bits per heavy atom. The van der Waals surface area contributed by atoms with Gasteiger partial charge in [-0.15, -0.1) is 0 Å².